The summed E-state index contributed by atoms with van der Waals surface area (Å²) < 4.78 is 6.27. The van der Waals surface area contributed by atoms with Gasteiger partial charge in [0.05, 0.1) is 18.0 Å². The molecule has 64 valence electrons. The maximum atomic E-state index is 5.56. The molecule has 1 fully saturated rings. The van der Waals surface area contributed by atoms with Crippen molar-refractivity contribution in [3.05, 3.63) is 16.9 Å². The number of nitrogens with two attached hydrogens (primary N) is 1. The fourth-order valence-corrected chi connectivity index (χ4v) is 1.20. The molecule has 0 atom stereocenters. The smallest absolute Gasteiger partial charge is 0.154 e. The summed E-state index contributed by atoms with van der Waals surface area (Å²) in [5.41, 5.74) is 6.19. The first-order valence-corrected chi connectivity index (χ1v) is 4.62. The Morgan fingerprint density at radius 1 is 1.58 bits per heavy atom. The summed E-state index contributed by atoms with van der Waals surface area (Å²) in [6.07, 6.45) is 4.26. The van der Waals surface area contributed by atoms with Crippen molar-refractivity contribution in [3.8, 4) is 5.75 Å². The first-order valence-electron chi connectivity index (χ1n) is 3.83. The van der Waals surface area contributed by atoms with E-state index in [0.717, 1.165) is 23.2 Å². The van der Waals surface area contributed by atoms with Gasteiger partial charge in [0.1, 0.15) is 4.60 Å². The van der Waals surface area contributed by atoms with Crippen LogP contribution in [-0.4, -0.2) is 11.1 Å². The predicted octanol–water partition coefficient (Wildman–Crippen LogP) is 1.97. The lowest BCUT2D eigenvalue weighted by molar-refractivity contribution is 0.300. The highest BCUT2D eigenvalue weighted by Gasteiger charge is 2.24. The zero-order chi connectivity index (χ0) is 8.55. The summed E-state index contributed by atoms with van der Waals surface area (Å²) in [6, 6.07) is 1.79. The van der Waals surface area contributed by atoms with Gasteiger partial charge in [0.25, 0.3) is 0 Å². The van der Waals surface area contributed by atoms with Gasteiger partial charge in [0, 0.05) is 6.07 Å². The topological polar surface area (TPSA) is 48.1 Å². The van der Waals surface area contributed by atoms with E-state index in [-0.39, 0.29) is 0 Å². The van der Waals surface area contributed by atoms with E-state index in [4.69, 9.17) is 10.5 Å². The molecule has 0 saturated heterocycles. The van der Waals surface area contributed by atoms with Crippen molar-refractivity contribution in [1.82, 2.24) is 4.98 Å². The molecular formula is C8H9BrN2O. The van der Waals surface area contributed by atoms with Crippen LogP contribution >= 0.6 is 15.9 Å². The quantitative estimate of drug-likeness (QED) is 0.788. The lowest BCUT2D eigenvalue weighted by atomic mass is 10.4. The Bertz CT molecular complexity index is 299. The Morgan fingerprint density at radius 2 is 2.33 bits per heavy atom. The van der Waals surface area contributed by atoms with Crippen LogP contribution in [-0.2, 0) is 0 Å². The van der Waals surface area contributed by atoms with Gasteiger partial charge in [-0.2, -0.15) is 0 Å². The summed E-state index contributed by atoms with van der Waals surface area (Å²) in [5, 5.41) is 0. The van der Waals surface area contributed by atoms with Crippen LogP contribution in [0, 0.1) is 0 Å². The molecule has 1 saturated carbocycles. The number of ether oxygens (including phenoxy) is 1. The van der Waals surface area contributed by atoms with Crippen molar-refractivity contribution in [2.45, 2.75) is 18.9 Å². The molecule has 1 heterocycles. The number of nitrogens with zero attached hydrogens (tertiary/aromatic N) is 1. The van der Waals surface area contributed by atoms with Crippen LogP contribution in [0.2, 0.25) is 0 Å². The molecule has 2 N–H and O–H groups in total. The Morgan fingerprint density at radius 3 is 3.00 bits per heavy atom. The van der Waals surface area contributed by atoms with Crippen molar-refractivity contribution < 1.29 is 4.74 Å². The Hall–Kier alpha value is -0.770. The van der Waals surface area contributed by atoms with Gasteiger partial charge in [-0.3, -0.25) is 0 Å². The summed E-state index contributed by atoms with van der Waals surface area (Å²) in [6.45, 7) is 0. The normalized spacial score (nSPS) is 16.1. The molecule has 0 unspecified atom stereocenters. The second kappa shape index (κ2) is 2.94. The third-order valence-corrected chi connectivity index (χ3v) is 2.24. The Balaban J connectivity index is 2.21. The van der Waals surface area contributed by atoms with Crippen molar-refractivity contribution in [1.29, 1.82) is 0 Å². The molecule has 1 aliphatic carbocycles. The molecule has 0 spiro atoms. The van der Waals surface area contributed by atoms with Crippen LogP contribution < -0.4 is 10.5 Å². The largest absolute Gasteiger partial charge is 0.488 e. The minimum absolute atomic E-state index is 0.380. The van der Waals surface area contributed by atoms with Crippen molar-refractivity contribution in [2.75, 3.05) is 5.73 Å². The summed E-state index contributed by atoms with van der Waals surface area (Å²) in [5.74, 6) is 0.748. The van der Waals surface area contributed by atoms with Gasteiger partial charge >= 0.3 is 0 Å². The molecule has 0 radical (unpaired) electrons. The third kappa shape index (κ3) is 1.69. The molecule has 1 aromatic rings. The number of anilines is 1. The molecule has 12 heavy (non-hydrogen) atoms. The number of hydrogen-bond acceptors (Lipinski definition) is 3. The molecule has 2 rings (SSSR count). The molecule has 0 bridgehead atoms. The lowest BCUT2D eigenvalue weighted by Crippen LogP contribution is -1.98. The van der Waals surface area contributed by atoms with Crippen LogP contribution in [0.3, 0.4) is 0 Å². The first kappa shape index (κ1) is 7.86. The maximum Gasteiger partial charge on any atom is 0.154 e. The highest BCUT2D eigenvalue weighted by atomic mass is 79.9. The fourth-order valence-electron chi connectivity index (χ4n) is 0.891. The van der Waals surface area contributed by atoms with Gasteiger partial charge in [-0.15, -0.1) is 0 Å². The number of nitrogen functional groups attached to an aromatic ring is 1. The van der Waals surface area contributed by atoms with Gasteiger partial charge in [-0.25, -0.2) is 4.98 Å². The molecule has 0 amide bonds. The molecule has 1 aromatic heterocycles. The third-order valence-electron chi connectivity index (χ3n) is 1.65. The molecule has 0 aliphatic heterocycles. The van der Waals surface area contributed by atoms with Gasteiger partial charge < -0.3 is 10.5 Å². The van der Waals surface area contributed by atoms with Crippen LogP contribution in [0.15, 0.2) is 16.9 Å². The van der Waals surface area contributed by atoms with Crippen molar-refractivity contribution in [2.24, 2.45) is 0 Å². The average molecular weight is 229 g/mol. The Labute approximate surface area is 79.1 Å². The van der Waals surface area contributed by atoms with E-state index >= 15 is 0 Å². The second-order valence-corrected chi connectivity index (χ2v) is 3.63. The maximum absolute atomic E-state index is 5.56. The van der Waals surface area contributed by atoms with E-state index < -0.39 is 0 Å². The number of rotatable bonds is 2. The molecular weight excluding hydrogens is 220 g/mol. The number of halogens is 1. The standard InChI is InChI=1S/C8H9BrN2O/c9-8-7(12-6-1-2-6)3-5(10)4-11-8/h3-4,6H,1-2,10H2. The van der Waals surface area contributed by atoms with E-state index in [1.54, 1.807) is 12.3 Å². The van der Waals surface area contributed by atoms with Gasteiger partial charge in [-0.1, -0.05) is 0 Å². The monoisotopic (exact) mass is 228 g/mol. The summed E-state index contributed by atoms with van der Waals surface area (Å²) in [4.78, 5) is 4.03. The lowest BCUT2D eigenvalue weighted by Gasteiger charge is -2.05. The van der Waals surface area contributed by atoms with Crippen LogP contribution in [0.1, 0.15) is 12.8 Å². The van der Waals surface area contributed by atoms with Gasteiger partial charge in [-0.05, 0) is 28.8 Å². The van der Waals surface area contributed by atoms with Crippen LogP contribution in [0.25, 0.3) is 0 Å². The summed E-state index contributed by atoms with van der Waals surface area (Å²) >= 11 is 3.30. The fraction of sp³-hybridized carbons (Fsp3) is 0.375. The zero-order valence-electron chi connectivity index (χ0n) is 6.46. The minimum Gasteiger partial charge on any atom is -0.488 e. The molecule has 3 nitrogen and oxygen atoms in total. The SMILES string of the molecule is Nc1cnc(Br)c(OC2CC2)c1. The number of aromatic nitrogens is 1. The van der Waals surface area contributed by atoms with E-state index in [1.807, 2.05) is 0 Å². The minimum atomic E-state index is 0.380. The van der Waals surface area contributed by atoms with Gasteiger partial charge in [0.15, 0.2) is 5.75 Å². The van der Waals surface area contributed by atoms with E-state index in [1.165, 1.54) is 0 Å². The van der Waals surface area contributed by atoms with Gasteiger partial charge in [0.2, 0.25) is 0 Å². The molecule has 1 aliphatic rings. The second-order valence-electron chi connectivity index (χ2n) is 2.87. The highest BCUT2D eigenvalue weighted by Crippen LogP contribution is 2.31. The predicted molar refractivity (Wildman–Crippen MR) is 50.0 cm³/mol. The number of hydrogen-bond donors (Lipinski definition) is 1. The van der Waals surface area contributed by atoms with E-state index in [0.29, 0.717) is 11.8 Å². The molecule has 4 heteroatoms. The van der Waals surface area contributed by atoms with Crippen LogP contribution in [0.4, 0.5) is 5.69 Å². The van der Waals surface area contributed by atoms with E-state index in [2.05, 4.69) is 20.9 Å². The molecule has 0 aromatic carbocycles. The number of pyridine rings is 1. The van der Waals surface area contributed by atoms with Crippen LogP contribution in [0.5, 0.6) is 5.75 Å². The summed E-state index contributed by atoms with van der Waals surface area (Å²) in [7, 11) is 0. The highest BCUT2D eigenvalue weighted by molar-refractivity contribution is 9.10. The average Bonchev–Trinajstić information content (AvgIpc) is 2.81. The van der Waals surface area contributed by atoms with Crippen molar-refractivity contribution >= 4 is 21.6 Å². The van der Waals surface area contributed by atoms with E-state index in [9.17, 15) is 0 Å². The Kier molecular flexibility index (Phi) is 1.92. The zero-order valence-corrected chi connectivity index (χ0v) is 8.04. The van der Waals surface area contributed by atoms with Crippen molar-refractivity contribution in [3.63, 3.8) is 0 Å². The first-order chi connectivity index (χ1) is 5.75.